The van der Waals surface area contributed by atoms with Crippen LogP contribution in [-0.2, 0) is 31.3 Å². The topological polar surface area (TPSA) is 144 Å². The zero-order chi connectivity index (χ0) is 5.15. The van der Waals surface area contributed by atoms with Gasteiger partial charge in [0.1, 0.15) is 0 Å². The van der Waals surface area contributed by atoms with Crippen molar-refractivity contribution in [2.24, 2.45) is 0 Å². The van der Waals surface area contributed by atoms with Crippen LogP contribution in [0.1, 0.15) is 0 Å². The number of carbonyl (C=O) groups excluding carboxylic acids is 1. The Morgan fingerprint density at radius 2 is 1.44 bits per heavy atom. The summed E-state index contributed by atoms with van der Waals surface area (Å²) < 4.78 is 0. The van der Waals surface area contributed by atoms with E-state index in [4.69, 9.17) is 19.8 Å². The summed E-state index contributed by atoms with van der Waals surface area (Å²) in [6, 6.07) is 0. The van der Waals surface area contributed by atoms with Gasteiger partial charge in [-0.05, 0) is 0 Å². The van der Waals surface area contributed by atoms with Gasteiger partial charge in [-0.25, -0.2) is 4.79 Å². The first-order chi connectivity index (χ1) is 2.64. The molecule has 0 aliphatic carbocycles. The molecule has 0 atom stereocenters. The van der Waals surface area contributed by atoms with E-state index in [2.05, 4.69) is 0 Å². The number of carboxylic acids is 2. The van der Waals surface area contributed by atoms with E-state index in [-0.39, 0.29) is 33.3 Å². The quantitative estimate of drug-likeness (QED) is 0.298. The summed E-state index contributed by atoms with van der Waals surface area (Å²) in [5.41, 5.74) is 0. The summed E-state index contributed by atoms with van der Waals surface area (Å²) in [6.45, 7) is 0. The maximum atomic E-state index is 9.04. The van der Waals surface area contributed by atoms with Gasteiger partial charge in [0.15, 0.2) is 5.97 Å². The summed E-state index contributed by atoms with van der Waals surface area (Å²) >= 11 is 0. The summed E-state index contributed by atoms with van der Waals surface area (Å²) in [5.74, 6) is -4.01. The molecule has 0 aliphatic heterocycles. The van der Waals surface area contributed by atoms with Crippen LogP contribution in [-0.4, -0.2) is 22.5 Å². The third-order valence-corrected chi connectivity index (χ3v) is 0.175. The zero-order valence-electron chi connectivity index (χ0n) is 4.38. The second-order valence-corrected chi connectivity index (χ2v) is 0.593. The van der Waals surface area contributed by atoms with Gasteiger partial charge in [0.05, 0.1) is 0 Å². The van der Waals surface area contributed by atoms with Gasteiger partial charge >= 0.3 is 5.97 Å². The minimum atomic E-state index is -2.07. The predicted octanol–water partition coefficient (Wildman–Crippen LogP) is -2.84. The van der Waals surface area contributed by atoms with Crippen molar-refractivity contribution in [1.82, 2.24) is 6.15 Å². The van der Waals surface area contributed by atoms with Gasteiger partial charge in [0.25, 0.3) is 0 Å². The fraction of sp³-hybridized carbons (Fsp3) is 0. The summed E-state index contributed by atoms with van der Waals surface area (Å²) in [6.07, 6.45) is 0. The van der Waals surface area contributed by atoms with Crippen molar-refractivity contribution in [3.05, 3.63) is 0 Å². The summed E-state index contributed by atoms with van der Waals surface area (Å²) in [5, 5.41) is 16.3. The molecule has 0 aromatic heterocycles. The minimum Gasteiger partial charge on any atom is -0.539 e. The van der Waals surface area contributed by atoms with Gasteiger partial charge in [0.2, 0.25) is 0 Å². The molecule has 0 radical (unpaired) electrons. The maximum absolute atomic E-state index is 9.04. The van der Waals surface area contributed by atoms with Crippen LogP contribution in [0.25, 0.3) is 0 Å². The Kier molecular flexibility index (Phi) is 27.5. The predicted molar refractivity (Wildman–Crippen MR) is 21.3 cm³/mol. The van der Waals surface area contributed by atoms with Gasteiger partial charge in [-0.1, -0.05) is 0 Å². The van der Waals surface area contributed by atoms with Crippen LogP contribution in [0.15, 0.2) is 0 Å². The average Bonchev–Trinajstić information content (AvgIpc) is 1.36. The molecule has 0 spiro atoms. The Morgan fingerprint density at radius 3 is 1.44 bits per heavy atom. The van der Waals surface area contributed by atoms with Crippen molar-refractivity contribution < 1.29 is 47.0 Å². The first kappa shape index (κ1) is 23.5. The normalized spacial score (nSPS) is 4.89. The van der Waals surface area contributed by atoms with E-state index in [9.17, 15) is 0 Å². The van der Waals surface area contributed by atoms with Crippen molar-refractivity contribution in [3.8, 4) is 0 Å². The fourth-order valence-corrected chi connectivity index (χ4v) is 0. The van der Waals surface area contributed by atoms with E-state index in [1.807, 2.05) is 0 Å². The number of carboxylic acid groups (broad SMARTS) is 2. The van der Waals surface area contributed by atoms with Gasteiger partial charge in [-0.15, -0.1) is 0 Å². The van der Waals surface area contributed by atoms with E-state index in [0.29, 0.717) is 0 Å². The Morgan fingerprint density at radius 1 is 1.33 bits per heavy atom. The number of rotatable bonds is 0. The second kappa shape index (κ2) is 10.5. The van der Waals surface area contributed by atoms with Gasteiger partial charge in [0, 0.05) is 21.7 Å². The third-order valence-electron chi connectivity index (χ3n) is 0.175. The van der Waals surface area contributed by atoms with Crippen LogP contribution in [0, 0.1) is 0 Å². The summed E-state index contributed by atoms with van der Waals surface area (Å²) in [7, 11) is 0. The van der Waals surface area contributed by atoms with E-state index < -0.39 is 11.9 Å². The standard InChI is InChI=1S/C2H2O4.H3N.H2O.Ti/c3-1(4)2(5)6;;;/h(H,3,4)(H,5,6);1H3;1H2;/p-1. The number of carbonyl (C=O) groups is 2. The van der Waals surface area contributed by atoms with Gasteiger partial charge in [-0.3, -0.25) is 0 Å². The molecule has 0 saturated heterocycles. The molecule has 0 heterocycles. The fourth-order valence-electron chi connectivity index (χ4n) is 0. The molecule has 0 saturated carbocycles. The van der Waals surface area contributed by atoms with E-state index in [1.54, 1.807) is 0 Å². The van der Waals surface area contributed by atoms with E-state index in [0.717, 1.165) is 0 Å². The van der Waals surface area contributed by atoms with Crippen molar-refractivity contribution in [3.63, 3.8) is 0 Å². The Labute approximate surface area is 65.6 Å². The first-order valence-electron chi connectivity index (χ1n) is 1.09. The van der Waals surface area contributed by atoms with E-state index in [1.165, 1.54) is 0 Å². The van der Waals surface area contributed by atoms with Crippen LogP contribution in [0.3, 0.4) is 0 Å². The van der Waals surface area contributed by atoms with Gasteiger partial charge < -0.3 is 26.6 Å². The largest absolute Gasteiger partial charge is 0.539 e. The molecule has 54 valence electrons. The Hall–Kier alpha value is -0.426. The smallest absolute Gasteiger partial charge is 0.351 e. The molecule has 0 amide bonds. The molecule has 6 N–H and O–H groups in total. The second-order valence-electron chi connectivity index (χ2n) is 0.593. The molecular weight excluding hydrogens is 166 g/mol. The van der Waals surface area contributed by atoms with Crippen molar-refractivity contribution in [2.75, 3.05) is 0 Å². The first-order valence-corrected chi connectivity index (χ1v) is 1.09. The molecule has 0 aromatic rings. The average molecular weight is 172 g/mol. The molecule has 0 rings (SSSR count). The third kappa shape index (κ3) is 18.4. The molecule has 0 fully saturated rings. The van der Waals surface area contributed by atoms with Crippen LogP contribution in [0.5, 0.6) is 0 Å². The maximum Gasteiger partial charge on any atom is 0.351 e. The molecule has 0 aromatic carbocycles. The molecule has 6 nitrogen and oxygen atoms in total. The molecular formula is C2H6NO5Ti-. The SMILES string of the molecule is N.O.O=C([O-])C(=O)O.[Ti]. The van der Waals surface area contributed by atoms with Crippen molar-refractivity contribution in [2.45, 2.75) is 0 Å². The van der Waals surface area contributed by atoms with Crippen molar-refractivity contribution in [1.29, 1.82) is 0 Å². The van der Waals surface area contributed by atoms with Crippen LogP contribution in [0.2, 0.25) is 0 Å². The number of hydrogen-bond donors (Lipinski definition) is 2. The number of aliphatic carboxylic acids is 2. The monoisotopic (exact) mass is 172 g/mol. The minimum absolute atomic E-state index is 0. The number of hydrogen-bond acceptors (Lipinski definition) is 4. The van der Waals surface area contributed by atoms with Gasteiger partial charge in [-0.2, -0.15) is 0 Å². The van der Waals surface area contributed by atoms with Crippen LogP contribution >= 0.6 is 0 Å². The van der Waals surface area contributed by atoms with E-state index >= 15 is 0 Å². The zero-order valence-corrected chi connectivity index (χ0v) is 5.94. The molecule has 9 heavy (non-hydrogen) atoms. The Balaban J connectivity index is -0.0000000417. The Bertz CT molecular complexity index is 81.0. The molecule has 0 bridgehead atoms. The molecule has 0 unspecified atom stereocenters. The molecule has 0 aliphatic rings. The van der Waals surface area contributed by atoms with Crippen LogP contribution < -0.4 is 11.3 Å². The summed E-state index contributed by atoms with van der Waals surface area (Å²) in [4.78, 5) is 18.0. The van der Waals surface area contributed by atoms with Crippen LogP contribution in [0.4, 0.5) is 0 Å². The molecule has 7 heteroatoms. The van der Waals surface area contributed by atoms with Crippen molar-refractivity contribution >= 4 is 11.9 Å².